The first kappa shape index (κ1) is 13.8. The molecule has 21 heavy (non-hydrogen) atoms. The fourth-order valence-corrected chi connectivity index (χ4v) is 2.59. The quantitative estimate of drug-likeness (QED) is 0.727. The Morgan fingerprint density at radius 3 is 2.62 bits per heavy atom. The molecule has 0 bridgehead atoms. The minimum atomic E-state index is 0.494. The smallest absolute Gasteiger partial charge is 0.227 e. The van der Waals surface area contributed by atoms with Crippen LogP contribution in [0, 0.1) is 0 Å². The summed E-state index contributed by atoms with van der Waals surface area (Å²) in [6, 6.07) is 9.06. The number of nitrogen functional groups attached to an aromatic ring is 1. The maximum atomic E-state index is 5.92. The number of rotatable bonds is 3. The van der Waals surface area contributed by atoms with E-state index in [-0.39, 0.29) is 0 Å². The fourth-order valence-electron chi connectivity index (χ4n) is 2.08. The number of nitrogens with zero attached hydrogens (tertiary/aromatic N) is 1. The van der Waals surface area contributed by atoms with Crippen LogP contribution in [0.25, 0.3) is 22.6 Å². The molecule has 0 radical (unpaired) electrons. The highest BCUT2D eigenvalue weighted by atomic mass is 79.9. The summed E-state index contributed by atoms with van der Waals surface area (Å²) in [5, 5.41) is 0. The highest BCUT2D eigenvalue weighted by molar-refractivity contribution is 9.10. The minimum absolute atomic E-state index is 0.494. The fraction of sp³-hybridized carbons (Fsp3) is 0.133. The molecule has 2 N–H and O–H groups in total. The number of hydrogen-bond acceptors (Lipinski definition) is 5. The number of nitrogens with two attached hydrogens (primary N) is 1. The van der Waals surface area contributed by atoms with E-state index in [1.165, 1.54) is 0 Å². The molecule has 3 aromatic rings. The van der Waals surface area contributed by atoms with E-state index in [1.54, 1.807) is 26.4 Å². The zero-order chi connectivity index (χ0) is 15.0. The Morgan fingerprint density at radius 1 is 1.14 bits per heavy atom. The van der Waals surface area contributed by atoms with Crippen LogP contribution >= 0.6 is 15.9 Å². The number of ether oxygens (including phenoxy) is 2. The average Bonchev–Trinajstić information content (AvgIpc) is 2.91. The third-order valence-corrected chi connectivity index (χ3v) is 3.72. The van der Waals surface area contributed by atoms with Gasteiger partial charge in [0.15, 0.2) is 5.58 Å². The van der Waals surface area contributed by atoms with Crippen LogP contribution in [0.4, 0.5) is 5.69 Å². The summed E-state index contributed by atoms with van der Waals surface area (Å²) in [6.07, 6.45) is 0. The van der Waals surface area contributed by atoms with Gasteiger partial charge in [0, 0.05) is 11.6 Å². The Balaban J connectivity index is 2.12. The second-order valence-electron chi connectivity index (χ2n) is 4.43. The second kappa shape index (κ2) is 5.29. The van der Waals surface area contributed by atoms with Crippen LogP contribution in [0.5, 0.6) is 11.5 Å². The predicted octanol–water partition coefficient (Wildman–Crippen LogP) is 3.86. The van der Waals surface area contributed by atoms with Gasteiger partial charge in [-0.1, -0.05) is 0 Å². The highest BCUT2D eigenvalue weighted by Crippen LogP contribution is 2.34. The molecule has 0 aliphatic carbocycles. The number of fused-ring (bicyclic) bond motifs is 1. The zero-order valence-corrected chi connectivity index (χ0v) is 13.1. The standard InChI is InChI=1S/C15H13BrN2O3/c1-19-9-6-10(16)14-12(7-9)18-15(21-14)8-3-4-13(20-2)11(17)5-8/h3-7H,17H2,1-2H3. The zero-order valence-electron chi connectivity index (χ0n) is 11.5. The number of benzene rings is 2. The molecule has 0 spiro atoms. The molecule has 0 amide bonds. The van der Waals surface area contributed by atoms with Crippen molar-refractivity contribution in [1.29, 1.82) is 0 Å². The van der Waals surface area contributed by atoms with E-state index in [9.17, 15) is 0 Å². The summed E-state index contributed by atoms with van der Waals surface area (Å²) in [4.78, 5) is 4.48. The lowest BCUT2D eigenvalue weighted by molar-refractivity contribution is 0.415. The van der Waals surface area contributed by atoms with Gasteiger partial charge in [-0.2, -0.15) is 0 Å². The molecule has 108 valence electrons. The van der Waals surface area contributed by atoms with E-state index in [2.05, 4.69) is 20.9 Å². The summed E-state index contributed by atoms with van der Waals surface area (Å²) >= 11 is 3.45. The van der Waals surface area contributed by atoms with Crippen molar-refractivity contribution in [3.8, 4) is 23.0 Å². The monoisotopic (exact) mass is 348 g/mol. The summed E-state index contributed by atoms with van der Waals surface area (Å²) in [5.74, 6) is 1.83. The van der Waals surface area contributed by atoms with Gasteiger partial charge in [-0.3, -0.25) is 0 Å². The Kier molecular flexibility index (Phi) is 3.47. The van der Waals surface area contributed by atoms with Crippen LogP contribution in [-0.4, -0.2) is 19.2 Å². The molecule has 1 heterocycles. The van der Waals surface area contributed by atoms with Crippen molar-refractivity contribution in [1.82, 2.24) is 4.98 Å². The molecular formula is C15H13BrN2O3. The predicted molar refractivity (Wildman–Crippen MR) is 84.7 cm³/mol. The Hall–Kier alpha value is -2.21. The van der Waals surface area contributed by atoms with Gasteiger partial charge in [-0.25, -0.2) is 4.98 Å². The molecule has 2 aromatic carbocycles. The number of hydrogen-bond donors (Lipinski definition) is 1. The lowest BCUT2D eigenvalue weighted by Gasteiger charge is -2.04. The molecule has 5 nitrogen and oxygen atoms in total. The molecular weight excluding hydrogens is 336 g/mol. The number of oxazole rings is 1. The van der Waals surface area contributed by atoms with Crippen molar-refractivity contribution < 1.29 is 13.9 Å². The second-order valence-corrected chi connectivity index (χ2v) is 5.29. The van der Waals surface area contributed by atoms with Gasteiger partial charge in [-0.15, -0.1) is 0 Å². The highest BCUT2D eigenvalue weighted by Gasteiger charge is 2.13. The molecule has 0 aliphatic heterocycles. The van der Waals surface area contributed by atoms with Gasteiger partial charge in [0.05, 0.1) is 24.4 Å². The Morgan fingerprint density at radius 2 is 1.95 bits per heavy atom. The van der Waals surface area contributed by atoms with Crippen molar-refractivity contribution in [3.63, 3.8) is 0 Å². The normalized spacial score (nSPS) is 10.8. The van der Waals surface area contributed by atoms with E-state index in [1.807, 2.05) is 18.2 Å². The third-order valence-electron chi connectivity index (χ3n) is 3.13. The maximum Gasteiger partial charge on any atom is 0.227 e. The lowest BCUT2D eigenvalue weighted by atomic mass is 10.2. The summed E-state index contributed by atoms with van der Waals surface area (Å²) < 4.78 is 17.0. The van der Waals surface area contributed by atoms with Gasteiger partial charge in [-0.05, 0) is 40.2 Å². The van der Waals surface area contributed by atoms with Crippen LogP contribution in [0.1, 0.15) is 0 Å². The largest absolute Gasteiger partial charge is 0.497 e. The Labute approximate surface area is 129 Å². The van der Waals surface area contributed by atoms with E-state index in [0.717, 1.165) is 10.0 Å². The van der Waals surface area contributed by atoms with Crippen molar-refractivity contribution in [2.75, 3.05) is 20.0 Å². The lowest BCUT2D eigenvalue weighted by Crippen LogP contribution is -1.92. The minimum Gasteiger partial charge on any atom is -0.497 e. The van der Waals surface area contributed by atoms with Crippen molar-refractivity contribution in [3.05, 3.63) is 34.8 Å². The summed E-state index contributed by atoms with van der Waals surface area (Å²) in [6.45, 7) is 0. The van der Waals surface area contributed by atoms with Crippen molar-refractivity contribution >= 4 is 32.7 Å². The number of methoxy groups -OCH3 is 2. The first-order chi connectivity index (χ1) is 10.1. The molecule has 3 rings (SSSR count). The SMILES string of the molecule is COc1cc(Br)c2oc(-c3ccc(OC)c(N)c3)nc2c1. The van der Waals surface area contributed by atoms with Crippen LogP contribution in [0.2, 0.25) is 0 Å². The van der Waals surface area contributed by atoms with Crippen molar-refractivity contribution in [2.24, 2.45) is 0 Å². The van der Waals surface area contributed by atoms with E-state index >= 15 is 0 Å². The number of anilines is 1. The topological polar surface area (TPSA) is 70.5 Å². The first-order valence-electron chi connectivity index (χ1n) is 6.20. The molecule has 0 unspecified atom stereocenters. The summed E-state index contributed by atoms with van der Waals surface area (Å²) in [7, 11) is 3.19. The van der Waals surface area contributed by atoms with Crippen LogP contribution in [0.15, 0.2) is 39.2 Å². The first-order valence-corrected chi connectivity index (χ1v) is 6.99. The average molecular weight is 349 g/mol. The van der Waals surface area contributed by atoms with Crippen LogP contribution < -0.4 is 15.2 Å². The molecule has 6 heteroatoms. The van der Waals surface area contributed by atoms with Gasteiger partial charge in [0.25, 0.3) is 0 Å². The van der Waals surface area contributed by atoms with Crippen molar-refractivity contribution in [2.45, 2.75) is 0 Å². The summed E-state index contributed by atoms with van der Waals surface area (Å²) in [5.41, 5.74) is 8.62. The molecule has 0 atom stereocenters. The van der Waals surface area contributed by atoms with Gasteiger partial charge >= 0.3 is 0 Å². The molecule has 1 aromatic heterocycles. The number of halogens is 1. The molecule has 0 aliphatic rings. The van der Waals surface area contributed by atoms with Crippen LogP contribution in [-0.2, 0) is 0 Å². The molecule has 0 saturated heterocycles. The van der Waals surface area contributed by atoms with Crippen LogP contribution in [0.3, 0.4) is 0 Å². The molecule has 0 saturated carbocycles. The van der Waals surface area contributed by atoms with E-state index in [4.69, 9.17) is 19.6 Å². The third kappa shape index (κ3) is 2.42. The molecule has 0 fully saturated rings. The van der Waals surface area contributed by atoms with E-state index in [0.29, 0.717) is 34.2 Å². The van der Waals surface area contributed by atoms with Gasteiger partial charge in [0.1, 0.15) is 17.0 Å². The van der Waals surface area contributed by atoms with Gasteiger partial charge < -0.3 is 19.6 Å². The van der Waals surface area contributed by atoms with E-state index < -0.39 is 0 Å². The Bertz CT molecular complexity index is 814. The number of aromatic nitrogens is 1. The van der Waals surface area contributed by atoms with Gasteiger partial charge in [0.2, 0.25) is 5.89 Å². The maximum absolute atomic E-state index is 5.92.